The summed E-state index contributed by atoms with van der Waals surface area (Å²) in [5.74, 6) is -0.0789. The van der Waals surface area contributed by atoms with Gasteiger partial charge >= 0.3 is 0 Å². The molecule has 1 saturated carbocycles. The van der Waals surface area contributed by atoms with Crippen LogP contribution in [-0.2, 0) is 9.53 Å². The fourth-order valence-corrected chi connectivity index (χ4v) is 1.69. The van der Waals surface area contributed by atoms with Crippen LogP contribution in [0.15, 0.2) is 12.7 Å². The first-order chi connectivity index (χ1) is 7.22. The molecule has 1 aliphatic rings. The molecule has 0 aromatic carbocycles. The Hall–Kier alpha value is -0.870. The molecule has 3 N–H and O–H groups in total. The van der Waals surface area contributed by atoms with Crippen LogP contribution >= 0.6 is 0 Å². The van der Waals surface area contributed by atoms with E-state index in [-0.39, 0.29) is 18.6 Å². The van der Waals surface area contributed by atoms with Crippen molar-refractivity contribution in [2.75, 3.05) is 13.2 Å². The lowest BCUT2D eigenvalue weighted by Gasteiger charge is -2.25. The third kappa shape index (κ3) is 4.95. The van der Waals surface area contributed by atoms with E-state index in [9.17, 15) is 4.79 Å². The summed E-state index contributed by atoms with van der Waals surface area (Å²) >= 11 is 0. The van der Waals surface area contributed by atoms with Crippen molar-refractivity contribution < 1.29 is 9.53 Å². The molecule has 0 heterocycles. The van der Waals surface area contributed by atoms with Crippen LogP contribution in [0.2, 0.25) is 0 Å². The molecule has 4 nitrogen and oxygen atoms in total. The second-order valence-corrected chi connectivity index (χ2v) is 3.94. The number of nitrogens with two attached hydrogens (primary N) is 1. The van der Waals surface area contributed by atoms with Crippen LogP contribution in [0.1, 0.15) is 25.7 Å². The SMILES string of the molecule is C=CCNC(=O)COC1CCC(N)CC1. The van der Waals surface area contributed by atoms with E-state index >= 15 is 0 Å². The van der Waals surface area contributed by atoms with Crippen molar-refractivity contribution in [2.24, 2.45) is 5.73 Å². The van der Waals surface area contributed by atoms with Crippen LogP contribution in [0, 0.1) is 0 Å². The van der Waals surface area contributed by atoms with Gasteiger partial charge in [0.05, 0.1) is 6.10 Å². The predicted molar refractivity (Wildman–Crippen MR) is 59.4 cm³/mol. The number of hydrogen-bond acceptors (Lipinski definition) is 3. The second kappa shape index (κ2) is 6.58. The van der Waals surface area contributed by atoms with E-state index in [0.29, 0.717) is 12.6 Å². The number of amides is 1. The lowest BCUT2D eigenvalue weighted by atomic mass is 9.94. The summed E-state index contributed by atoms with van der Waals surface area (Å²) in [4.78, 5) is 11.2. The van der Waals surface area contributed by atoms with Crippen molar-refractivity contribution in [1.82, 2.24) is 5.32 Å². The molecular formula is C11H20N2O2. The van der Waals surface area contributed by atoms with Gasteiger partial charge in [0.1, 0.15) is 6.61 Å². The summed E-state index contributed by atoms with van der Waals surface area (Å²) in [5.41, 5.74) is 5.77. The highest BCUT2D eigenvalue weighted by atomic mass is 16.5. The maximum atomic E-state index is 11.2. The van der Waals surface area contributed by atoms with Crippen LogP contribution in [0.25, 0.3) is 0 Å². The van der Waals surface area contributed by atoms with Gasteiger partial charge in [-0.1, -0.05) is 6.08 Å². The third-order valence-electron chi connectivity index (χ3n) is 2.61. The van der Waals surface area contributed by atoms with Crippen molar-refractivity contribution in [1.29, 1.82) is 0 Å². The Bertz CT molecular complexity index is 211. The van der Waals surface area contributed by atoms with E-state index in [0.717, 1.165) is 25.7 Å². The van der Waals surface area contributed by atoms with Crippen molar-refractivity contribution in [3.63, 3.8) is 0 Å². The largest absolute Gasteiger partial charge is 0.368 e. The number of nitrogens with one attached hydrogen (secondary N) is 1. The average Bonchev–Trinajstić information content (AvgIpc) is 2.25. The van der Waals surface area contributed by atoms with E-state index in [1.807, 2.05) is 0 Å². The molecule has 0 unspecified atom stereocenters. The standard InChI is InChI=1S/C11H20N2O2/c1-2-7-13-11(14)8-15-10-5-3-9(12)4-6-10/h2,9-10H,1,3-8,12H2,(H,13,14). The summed E-state index contributed by atoms with van der Waals surface area (Å²) in [6, 6.07) is 0.319. The van der Waals surface area contributed by atoms with Gasteiger partial charge in [0, 0.05) is 12.6 Å². The molecule has 1 fully saturated rings. The number of carbonyl (C=O) groups excluding carboxylic acids is 1. The minimum absolute atomic E-state index is 0.0789. The van der Waals surface area contributed by atoms with E-state index in [4.69, 9.17) is 10.5 Å². The summed E-state index contributed by atoms with van der Waals surface area (Å²) < 4.78 is 5.49. The summed E-state index contributed by atoms with van der Waals surface area (Å²) in [5, 5.41) is 2.67. The van der Waals surface area contributed by atoms with E-state index < -0.39 is 0 Å². The van der Waals surface area contributed by atoms with E-state index in [2.05, 4.69) is 11.9 Å². The summed E-state index contributed by atoms with van der Waals surface area (Å²) in [6.45, 7) is 4.17. The fourth-order valence-electron chi connectivity index (χ4n) is 1.69. The van der Waals surface area contributed by atoms with Crippen molar-refractivity contribution in [2.45, 2.75) is 37.8 Å². The number of ether oxygens (including phenoxy) is 1. The zero-order valence-electron chi connectivity index (χ0n) is 9.08. The Morgan fingerprint density at radius 1 is 1.47 bits per heavy atom. The average molecular weight is 212 g/mol. The Morgan fingerprint density at radius 3 is 2.73 bits per heavy atom. The van der Waals surface area contributed by atoms with Crippen LogP contribution < -0.4 is 11.1 Å². The predicted octanol–water partition coefficient (Wildman–Crippen LogP) is 0.575. The minimum atomic E-state index is -0.0789. The molecule has 1 rings (SSSR count). The molecule has 0 atom stereocenters. The van der Waals surface area contributed by atoms with Gasteiger partial charge in [-0.25, -0.2) is 0 Å². The molecule has 1 amide bonds. The third-order valence-corrected chi connectivity index (χ3v) is 2.61. The van der Waals surface area contributed by atoms with Crippen LogP contribution in [0.5, 0.6) is 0 Å². The van der Waals surface area contributed by atoms with E-state index in [1.165, 1.54) is 0 Å². The molecular weight excluding hydrogens is 192 g/mol. The molecule has 0 radical (unpaired) electrons. The van der Waals surface area contributed by atoms with Gasteiger partial charge in [0.15, 0.2) is 0 Å². The van der Waals surface area contributed by atoms with Gasteiger partial charge in [-0.05, 0) is 25.7 Å². The number of rotatable bonds is 5. The normalized spacial score (nSPS) is 25.9. The van der Waals surface area contributed by atoms with Crippen LogP contribution in [0.3, 0.4) is 0 Å². The number of hydrogen-bond donors (Lipinski definition) is 2. The first-order valence-corrected chi connectivity index (χ1v) is 5.47. The van der Waals surface area contributed by atoms with Gasteiger partial charge in [0.2, 0.25) is 5.91 Å². The summed E-state index contributed by atoms with van der Waals surface area (Å²) in [7, 11) is 0. The molecule has 86 valence electrons. The molecule has 15 heavy (non-hydrogen) atoms. The zero-order chi connectivity index (χ0) is 11.1. The molecule has 1 aliphatic carbocycles. The minimum Gasteiger partial charge on any atom is -0.368 e. The first-order valence-electron chi connectivity index (χ1n) is 5.47. The smallest absolute Gasteiger partial charge is 0.246 e. The lowest BCUT2D eigenvalue weighted by molar-refractivity contribution is -0.128. The zero-order valence-corrected chi connectivity index (χ0v) is 9.08. The lowest BCUT2D eigenvalue weighted by Crippen LogP contribution is -2.34. The maximum absolute atomic E-state index is 11.2. The maximum Gasteiger partial charge on any atom is 0.246 e. The second-order valence-electron chi connectivity index (χ2n) is 3.94. The quantitative estimate of drug-likeness (QED) is 0.655. The van der Waals surface area contributed by atoms with E-state index in [1.54, 1.807) is 6.08 Å². The molecule has 0 aromatic heterocycles. The van der Waals surface area contributed by atoms with Crippen LogP contribution in [-0.4, -0.2) is 31.2 Å². The van der Waals surface area contributed by atoms with Crippen molar-refractivity contribution in [3.05, 3.63) is 12.7 Å². The van der Waals surface area contributed by atoms with Gasteiger partial charge < -0.3 is 15.8 Å². The fraction of sp³-hybridized carbons (Fsp3) is 0.727. The van der Waals surface area contributed by atoms with Crippen molar-refractivity contribution in [3.8, 4) is 0 Å². The monoisotopic (exact) mass is 212 g/mol. The highest BCUT2D eigenvalue weighted by Crippen LogP contribution is 2.19. The Balaban J connectivity index is 2.09. The molecule has 0 aliphatic heterocycles. The summed E-state index contributed by atoms with van der Waals surface area (Å²) in [6.07, 6.45) is 5.79. The Kier molecular flexibility index (Phi) is 5.36. The van der Waals surface area contributed by atoms with Crippen LogP contribution in [0.4, 0.5) is 0 Å². The highest BCUT2D eigenvalue weighted by molar-refractivity contribution is 5.77. The van der Waals surface area contributed by atoms with Gasteiger partial charge in [-0.3, -0.25) is 4.79 Å². The molecule has 0 saturated heterocycles. The van der Waals surface area contributed by atoms with Gasteiger partial charge in [0.25, 0.3) is 0 Å². The van der Waals surface area contributed by atoms with Gasteiger partial charge in [-0.15, -0.1) is 6.58 Å². The highest BCUT2D eigenvalue weighted by Gasteiger charge is 2.19. The molecule has 0 aromatic rings. The Labute approximate surface area is 90.9 Å². The number of carbonyl (C=O) groups is 1. The first kappa shape index (κ1) is 12.2. The molecule has 4 heteroatoms. The van der Waals surface area contributed by atoms with Gasteiger partial charge in [-0.2, -0.15) is 0 Å². The van der Waals surface area contributed by atoms with Crippen molar-refractivity contribution >= 4 is 5.91 Å². The topological polar surface area (TPSA) is 64.3 Å². The molecule has 0 spiro atoms. The Morgan fingerprint density at radius 2 is 2.13 bits per heavy atom. The molecule has 0 bridgehead atoms.